The second-order valence-electron chi connectivity index (χ2n) is 6.29. The third kappa shape index (κ3) is 3.41. The average Bonchev–Trinajstić information content (AvgIpc) is 3.11. The summed E-state index contributed by atoms with van der Waals surface area (Å²) in [7, 11) is 0. The van der Waals surface area contributed by atoms with Gasteiger partial charge in [-0.25, -0.2) is 4.39 Å². The number of amides is 1. The molecule has 1 N–H and O–H groups in total. The predicted octanol–water partition coefficient (Wildman–Crippen LogP) is 2.62. The molecular weight excluding hydrogens is 349 g/mol. The van der Waals surface area contributed by atoms with Crippen LogP contribution in [0.25, 0.3) is 0 Å². The minimum atomic E-state index is -0.474. The molecule has 1 atom stereocenters. The van der Waals surface area contributed by atoms with Crippen LogP contribution in [-0.4, -0.2) is 33.4 Å². The molecule has 6 nitrogen and oxygen atoms in total. The van der Waals surface area contributed by atoms with Gasteiger partial charge in [-0.05, 0) is 42.5 Å². The van der Waals surface area contributed by atoms with E-state index < -0.39 is 6.04 Å². The van der Waals surface area contributed by atoms with Crippen molar-refractivity contribution in [1.29, 1.82) is 0 Å². The lowest BCUT2D eigenvalue weighted by atomic mass is 10.1. The Bertz CT molecular complexity index is 941. The molecule has 1 aromatic heterocycles. The van der Waals surface area contributed by atoms with Crippen molar-refractivity contribution in [3.05, 3.63) is 77.9 Å². The molecule has 1 aliphatic heterocycles. The molecule has 2 heterocycles. The van der Waals surface area contributed by atoms with E-state index in [1.54, 1.807) is 10.7 Å². The fourth-order valence-electron chi connectivity index (χ4n) is 3.17. The second kappa shape index (κ2) is 7.20. The standard InChI is InChI=1S/C20H18FN3O3/c21-14-6-8-16(9-7-14)24-17(12-25)11-23-19(20(24)26)10-15(22-23)13-27-18-4-2-1-3-5-18/h1-10,17,25H,11-13H2. The summed E-state index contributed by atoms with van der Waals surface area (Å²) in [5, 5.41) is 14.2. The van der Waals surface area contributed by atoms with E-state index in [-0.39, 0.29) is 24.9 Å². The third-order valence-corrected chi connectivity index (χ3v) is 4.46. The molecule has 4 rings (SSSR count). The van der Waals surface area contributed by atoms with Gasteiger partial charge >= 0.3 is 0 Å². The number of benzene rings is 2. The zero-order chi connectivity index (χ0) is 18.8. The van der Waals surface area contributed by atoms with Gasteiger partial charge in [-0.2, -0.15) is 5.10 Å². The fourth-order valence-corrected chi connectivity index (χ4v) is 3.17. The van der Waals surface area contributed by atoms with Crippen LogP contribution in [0.1, 0.15) is 16.2 Å². The molecule has 7 heteroatoms. The van der Waals surface area contributed by atoms with Gasteiger partial charge < -0.3 is 9.84 Å². The van der Waals surface area contributed by atoms with Crippen molar-refractivity contribution >= 4 is 11.6 Å². The lowest BCUT2D eigenvalue weighted by Crippen LogP contribution is -2.50. The summed E-state index contributed by atoms with van der Waals surface area (Å²) in [4.78, 5) is 14.5. The summed E-state index contributed by atoms with van der Waals surface area (Å²) in [5.74, 6) is 0.0514. The van der Waals surface area contributed by atoms with E-state index in [9.17, 15) is 14.3 Å². The van der Waals surface area contributed by atoms with Gasteiger partial charge in [-0.15, -0.1) is 0 Å². The van der Waals surface area contributed by atoms with Gasteiger partial charge in [-0.3, -0.25) is 14.4 Å². The molecule has 0 fully saturated rings. The normalized spacial score (nSPS) is 16.3. The third-order valence-electron chi connectivity index (χ3n) is 4.46. The number of para-hydroxylation sites is 1. The first-order valence-electron chi connectivity index (χ1n) is 8.60. The van der Waals surface area contributed by atoms with E-state index in [0.717, 1.165) is 5.75 Å². The second-order valence-corrected chi connectivity index (χ2v) is 6.29. The molecule has 0 spiro atoms. The largest absolute Gasteiger partial charge is 0.487 e. The maximum Gasteiger partial charge on any atom is 0.276 e. The molecule has 1 unspecified atom stereocenters. The molecule has 27 heavy (non-hydrogen) atoms. The Morgan fingerprint density at radius 3 is 2.59 bits per heavy atom. The molecule has 2 aromatic carbocycles. The minimum absolute atomic E-state index is 0.224. The number of aliphatic hydroxyl groups excluding tert-OH is 1. The molecule has 3 aromatic rings. The van der Waals surface area contributed by atoms with Gasteiger partial charge in [0.2, 0.25) is 0 Å². The van der Waals surface area contributed by atoms with Crippen molar-refractivity contribution in [2.24, 2.45) is 0 Å². The van der Waals surface area contributed by atoms with Crippen LogP contribution in [0.15, 0.2) is 60.7 Å². The topological polar surface area (TPSA) is 67.6 Å². The van der Waals surface area contributed by atoms with Gasteiger partial charge in [0.25, 0.3) is 5.91 Å². The molecular formula is C20H18FN3O3. The summed E-state index contributed by atoms with van der Waals surface area (Å²) in [6.07, 6.45) is 0. The fraction of sp³-hybridized carbons (Fsp3) is 0.200. The summed E-state index contributed by atoms with van der Waals surface area (Å²) >= 11 is 0. The molecule has 0 saturated heterocycles. The number of aromatic nitrogens is 2. The highest BCUT2D eigenvalue weighted by Crippen LogP contribution is 2.26. The van der Waals surface area contributed by atoms with Crippen LogP contribution < -0.4 is 9.64 Å². The number of nitrogens with zero attached hydrogens (tertiary/aromatic N) is 3. The van der Waals surface area contributed by atoms with E-state index in [4.69, 9.17) is 4.74 Å². The first kappa shape index (κ1) is 17.2. The molecule has 1 amide bonds. The Morgan fingerprint density at radius 1 is 1.15 bits per heavy atom. The Balaban J connectivity index is 1.58. The summed E-state index contributed by atoms with van der Waals surface area (Å²) < 4.78 is 20.5. The smallest absolute Gasteiger partial charge is 0.276 e. The van der Waals surface area contributed by atoms with Crippen LogP contribution in [0.2, 0.25) is 0 Å². The van der Waals surface area contributed by atoms with Crippen molar-refractivity contribution in [1.82, 2.24) is 9.78 Å². The van der Waals surface area contributed by atoms with Gasteiger partial charge in [0.05, 0.1) is 19.2 Å². The molecule has 0 saturated carbocycles. The van der Waals surface area contributed by atoms with Crippen molar-refractivity contribution in [3.8, 4) is 5.75 Å². The van der Waals surface area contributed by atoms with Gasteiger partial charge in [0.15, 0.2) is 0 Å². The summed E-state index contributed by atoms with van der Waals surface area (Å²) in [5.41, 5.74) is 1.57. The number of carbonyl (C=O) groups excluding carboxylic acids is 1. The highest BCUT2D eigenvalue weighted by atomic mass is 19.1. The van der Waals surface area contributed by atoms with Crippen LogP contribution in [0, 0.1) is 5.82 Å². The van der Waals surface area contributed by atoms with E-state index in [0.29, 0.717) is 23.6 Å². The van der Waals surface area contributed by atoms with E-state index in [1.807, 2.05) is 30.3 Å². The van der Waals surface area contributed by atoms with Crippen LogP contribution >= 0.6 is 0 Å². The van der Waals surface area contributed by atoms with Crippen LogP contribution in [-0.2, 0) is 13.2 Å². The Labute approximate surface area is 155 Å². The maximum atomic E-state index is 13.2. The van der Waals surface area contributed by atoms with Crippen LogP contribution in [0.3, 0.4) is 0 Å². The van der Waals surface area contributed by atoms with E-state index in [1.165, 1.54) is 29.2 Å². The number of carbonyl (C=O) groups is 1. The van der Waals surface area contributed by atoms with Crippen LogP contribution in [0.4, 0.5) is 10.1 Å². The zero-order valence-electron chi connectivity index (χ0n) is 14.5. The molecule has 0 aliphatic carbocycles. The molecule has 0 radical (unpaired) electrons. The lowest BCUT2D eigenvalue weighted by Gasteiger charge is -2.34. The summed E-state index contributed by atoms with van der Waals surface area (Å²) in [6, 6.07) is 16.2. The van der Waals surface area contributed by atoms with Gasteiger partial charge in [-0.1, -0.05) is 18.2 Å². The number of rotatable bonds is 5. The predicted molar refractivity (Wildman–Crippen MR) is 97.1 cm³/mol. The van der Waals surface area contributed by atoms with Crippen molar-refractivity contribution in [2.75, 3.05) is 11.5 Å². The SMILES string of the molecule is O=C1c2cc(COc3ccccc3)nn2CC(CO)N1c1ccc(F)cc1. The van der Waals surface area contributed by atoms with Gasteiger partial charge in [0.1, 0.15) is 29.6 Å². The highest BCUT2D eigenvalue weighted by Gasteiger charge is 2.34. The number of fused-ring (bicyclic) bond motifs is 1. The zero-order valence-corrected chi connectivity index (χ0v) is 14.5. The highest BCUT2D eigenvalue weighted by molar-refractivity contribution is 6.06. The first-order chi connectivity index (χ1) is 13.2. The Kier molecular flexibility index (Phi) is 4.60. The number of anilines is 1. The average molecular weight is 367 g/mol. The molecule has 138 valence electrons. The van der Waals surface area contributed by atoms with Gasteiger partial charge in [0, 0.05) is 5.69 Å². The van der Waals surface area contributed by atoms with E-state index in [2.05, 4.69) is 5.10 Å². The Hall–Kier alpha value is -3.19. The molecule has 1 aliphatic rings. The number of halogens is 1. The van der Waals surface area contributed by atoms with Crippen LogP contribution in [0.5, 0.6) is 5.75 Å². The molecule has 0 bridgehead atoms. The number of hydrogen-bond donors (Lipinski definition) is 1. The number of ether oxygens (including phenoxy) is 1. The quantitative estimate of drug-likeness (QED) is 0.753. The first-order valence-corrected chi connectivity index (χ1v) is 8.60. The minimum Gasteiger partial charge on any atom is -0.487 e. The van der Waals surface area contributed by atoms with Crippen molar-refractivity contribution in [2.45, 2.75) is 19.2 Å². The van der Waals surface area contributed by atoms with Crippen molar-refractivity contribution in [3.63, 3.8) is 0 Å². The number of hydrogen-bond acceptors (Lipinski definition) is 4. The van der Waals surface area contributed by atoms with E-state index >= 15 is 0 Å². The Morgan fingerprint density at radius 2 is 1.89 bits per heavy atom. The number of aliphatic hydroxyl groups is 1. The maximum absolute atomic E-state index is 13.2. The summed E-state index contributed by atoms with van der Waals surface area (Å²) in [6.45, 7) is 0.357. The lowest BCUT2D eigenvalue weighted by molar-refractivity contribution is 0.0921. The van der Waals surface area contributed by atoms with Crippen molar-refractivity contribution < 1.29 is 19.0 Å². The monoisotopic (exact) mass is 367 g/mol.